The molecule has 0 bridgehead atoms. The highest BCUT2D eigenvalue weighted by Crippen LogP contribution is 2.29. The first-order valence-corrected chi connectivity index (χ1v) is 7.53. The molecule has 3 rings (SSSR count). The van der Waals surface area contributed by atoms with Crippen molar-refractivity contribution in [3.8, 4) is 16.9 Å². The second-order valence-electron chi connectivity index (χ2n) is 4.59. The van der Waals surface area contributed by atoms with Gasteiger partial charge in [0.05, 0.1) is 11.8 Å². The minimum Gasteiger partial charge on any atom is -0.490 e. The molecule has 2 aromatic rings. The van der Waals surface area contributed by atoms with Crippen molar-refractivity contribution in [2.45, 2.75) is 18.9 Å². The van der Waals surface area contributed by atoms with Crippen LogP contribution >= 0.6 is 11.8 Å². The smallest absolute Gasteiger partial charge is 0.229 e. The van der Waals surface area contributed by atoms with Crippen LogP contribution in [0.1, 0.15) is 12.8 Å². The third kappa shape index (κ3) is 2.87. The van der Waals surface area contributed by atoms with Crippen LogP contribution in [0, 0.1) is 0 Å². The Morgan fingerprint density at radius 1 is 1.42 bits per heavy atom. The molecule has 0 saturated carbocycles. The molecule has 19 heavy (non-hydrogen) atoms. The van der Waals surface area contributed by atoms with E-state index in [0.29, 0.717) is 12.0 Å². The van der Waals surface area contributed by atoms with E-state index in [0.717, 1.165) is 29.1 Å². The Hall–Kier alpha value is -1.62. The number of aromatic nitrogens is 1. The first-order chi connectivity index (χ1) is 9.33. The molecule has 0 spiro atoms. The average Bonchev–Trinajstić information content (AvgIpc) is 2.86. The van der Waals surface area contributed by atoms with Gasteiger partial charge in [0.2, 0.25) is 5.88 Å². The summed E-state index contributed by atoms with van der Waals surface area (Å²) in [6, 6.07) is 7.91. The van der Waals surface area contributed by atoms with Crippen molar-refractivity contribution in [2.75, 3.05) is 17.2 Å². The number of nitrogens with zero attached hydrogens (tertiary/aromatic N) is 1. The third-order valence-corrected chi connectivity index (χ3v) is 4.35. The Kier molecular flexibility index (Phi) is 3.64. The van der Waals surface area contributed by atoms with E-state index < -0.39 is 0 Å². The van der Waals surface area contributed by atoms with Gasteiger partial charge in [-0.2, -0.15) is 11.8 Å². The van der Waals surface area contributed by atoms with E-state index in [-0.39, 0.29) is 0 Å². The second-order valence-corrected chi connectivity index (χ2v) is 5.74. The lowest BCUT2D eigenvalue weighted by Crippen LogP contribution is -2.23. The zero-order valence-corrected chi connectivity index (χ0v) is 11.4. The molecular weight excluding hydrogens is 260 g/mol. The molecule has 1 aromatic heterocycles. The highest BCUT2D eigenvalue weighted by molar-refractivity contribution is 7.99. The lowest BCUT2D eigenvalue weighted by Gasteiger charge is -2.22. The molecule has 1 atom stereocenters. The van der Waals surface area contributed by atoms with Gasteiger partial charge in [0.25, 0.3) is 0 Å². The third-order valence-electron chi connectivity index (χ3n) is 3.16. The van der Waals surface area contributed by atoms with Gasteiger partial charge < -0.3 is 15.0 Å². The van der Waals surface area contributed by atoms with E-state index in [4.69, 9.17) is 15.0 Å². The molecule has 1 aliphatic rings. The van der Waals surface area contributed by atoms with Gasteiger partial charge in [-0.05, 0) is 36.3 Å². The second kappa shape index (κ2) is 5.57. The van der Waals surface area contributed by atoms with Crippen molar-refractivity contribution in [1.82, 2.24) is 5.16 Å². The number of rotatable bonds is 3. The van der Waals surface area contributed by atoms with Crippen molar-refractivity contribution in [2.24, 2.45) is 0 Å². The lowest BCUT2D eigenvalue weighted by atomic mass is 10.1. The van der Waals surface area contributed by atoms with Crippen LogP contribution in [0.15, 0.2) is 35.0 Å². The van der Waals surface area contributed by atoms with E-state index >= 15 is 0 Å². The molecule has 2 heterocycles. The van der Waals surface area contributed by atoms with E-state index in [1.807, 2.05) is 36.0 Å². The highest BCUT2D eigenvalue weighted by Gasteiger charge is 2.16. The molecule has 1 aliphatic heterocycles. The van der Waals surface area contributed by atoms with Crippen LogP contribution in [0.25, 0.3) is 11.1 Å². The van der Waals surface area contributed by atoms with Crippen LogP contribution < -0.4 is 10.5 Å². The number of nitrogens with two attached hydrogens (primary N) is 1. The van der Waals surface area contributed by atoms with Crippen molar-refractivity contribution >= 4 is 17.6 Å². The Balaban J connectivity index is 1.78. The van der Waals surface area contributed by atoms with Gasteiger partial charge in [-0.1, -0.05) is 17.3 Å². The summed E-state index contributed by atoms with van der Waals surface area (Å²) < 4.78 is 10.9. The number of hydrogen-bond donors (Lipinski definition) is 1. The number of ether oxygens (including phenoxy) is 1. The maximum atomic E-state index is 6.02. The van der Waals surface area contributed by atoms with E-state index in [1.165, 1.54) is 12.2 Å². The van der Waals surface area contributed by atoms with Gasteiger partial charge in [-0.25, -0.2) is 0 Å². The zero-order valence-electron chi connectivity index (χ0n) is 10.5. The summed E-state index contributed by atoms with van der Waals surface area (Å²) >= 11 is 1.96. The molecule has 1 saturated heterocycles. The molecule has 0 radical (unpaired) electrons. The number of anilines is 1. The molecule has 100 valence electrons. The summed E-state index contributed by atoms with van der Waals surface area (Å²) in [6.07, 6.45) is 4.30. The summed E-state index contributed by atoms with van der Waals surface area (Å²) in [5, 5.41) is 3.70. The number of nitrogen functional groups attached to an aromatic ring is 1. The quantitative estimate of drug-likeness (QED) is 0.932. The summed E-state index contributed by atoms with van der Waals surface area (Å²) in [7, 11) is 0. The first kappa shape index (κ1) is 12.4. The van der Waals surface area contributed by atoms with Crippen LogP contribution in [-0.4, -0.2) is 22.8 Å². The van der Waals surface area contributed by atoms with Gasteiger partial charge in [-0.15, -0.1) is 0 Å². The van der Waals surface area contributed by atoms with Gasteiger partial charge in [0.1, 0.15) is 11.9 Å². The average molecular weight is 276 g/mol. The summed E-state index contributed by atoms with van der Waals surface area (Å²) in [6.45, 7) is 0. The van der Waals surface area contributed by atoms with Crippen molar-refractivity contribution in [3.63, 3.8) is 0 Å². The molecule has 1 aromatic carbocycles. The van der Waals surface area contributed by atoms with Crippen molar-refractivity contribution in [3.05, 3.63) is 30.5 Å². The lowest BCUT2D eigenvalue weighted by molar-refractivity contribution is 0.211. The van der Waals surface area contributed by atoms with Crippen molar-refractivity contribution < 1.29 is 9.26 Å². The number of hydrogen-bond acceptors (Lipinski definition) is 5. The fraction of sp³-hybridized carbons (Fsp3) is 0.357. The molecule has 2 N–H and O–H groups in total. The van der Waals surface area contributed by atoms with Gasteiger partial charge in [0.15, 0.2) is 0 Å². The van der Waals surface area contributed by atoms with Crippen LogP contribution in [0.2, 0.25) is 0 Å². The normalized spacial score (nSPS) is 19.3. The monoisotopic (exact) mass is 276 g/mol. The molecule has 1 fully saturated rings. The predicted molar refractivity (Wildman–Crippen MR) is 77.3 cm³/mol. The van der Waals surface area contributed by atoms with Gasteiger partial charge >= 0.3 is 0 Å². The molecule has 0 aliphatic carbocycles. The molecule has 5 heteroatoms. The van der Waals surface area contributed by atoms with E-state index in [9.17, 15) is 0 Å². The Bertz CT molecular complexity index is 550. The Morgan fingerprint density at radius 3 is 3.11 bits per heavy atom. The minimum absolute atomic E-state index is 0.314. The van der Waals surface area contributed by atoms with Crippen LogP contribution in [0.5, 0.6) is 5.75 Å². The molecule has 4 nitrogen and oxygen atoms in total. The summed E-state index contributed by atoms with van der Waals surface area (Å²) in [5.74, 6) is 3.53. The molecule has 0 amide bonds. The maximum absolute atomic E-state index is 6.02. The fourth-order valence-corrected chi connectivity index (χ4v) is 3.23. The van der Waals surface area contributed by atoms with E-state index in [2.05, 4.69) is 5.16 Å². The van der Waals surface area contributed by atoms with Crippen molar-refractivity contribution in [1.29, 1.82) is 0 Å². The topological polar surface area (TPSA) is 61.3 Å². The predicted octanol–water partition coefficient (Wildman–Crippen LogP) is 3.20. The van der Waals surface area contributed by atoms with E-state index in [1.54, 1.807) is 6.20 Å². The largest absolute Gasteiger partial charge is 0.490 e. The zero-order chi connectivity index (χ0) is 13.1. The fourth-order valence-electron chi connectivity index (χ4n) is 2.20. The Labute approximate surface area is 116 Å². The SMILES string of the molecule is Nc1oncc1-c1cccc(OC2CCCSC2)c1. The first-order valence-electron chi connectivity index (χ1n) is 6.38. The molecule has 1 unspecified atom stereocenters. The number of benzene rings is 1. The molecular formula is C14H16N2O2S. The maximum Gasteiger partial charge on any atom is 0.229 e. The van der Waals surface area contributed by atoms with Crippen LogP contribution in [-0.2, 0) is 0 Å². The summed E-state index contributed by atoms with van der Waals surface area (Å²) in [4.78, 5) is 0. The van der Waals surface area contributed by atoms with Gasteiger partial charge in [-0.3, -0.25) is 0 Å². The highest BCUT2D eigenvalue weighted by atomic mass is 32.2. The number of thioether (sulfide) groups is 1. The summed E-state index contributed by atoms with van der Waals surface area (Å²) in [5.41, 5.74) is 7.51. The van der Waals surface area contributed by atoms with Crippen LogP contribution in [0.3, 0.4) is 0 Å². The standard InChI is InChI=1S/C14H16N2O2S/c15-14-13(8-16-18-14)10-3-1-4-11(7-10)17-12-5-2-6-19-9-12/h1,3-4,7-8,12H,2,5-6,9,15H2. The minimum atomic E-state index is 0.314. The van der Waals surface area contributed by atoms with Gasteiger partial charge in [0, 0.05) is 5.75 Å². The van der Waals surface area contributed by atoms with Crippen LogP contribution in [0.4, 0.5) is 5.88 Å². The Morgan fingerprint density at radius 2 is 2.37 bits per heavy atom.